The van der Waals surface area contributed by atoms with Gasteiger partial charge >= 0.3 is 0 Å². The van der Waals surface area contributed by atoms with E-state index in [1.807, 2.05) is 18.3 Å². The summed E-state index contributed by atoms with van der Waals surface area (Å²) < 4.78 is 10.8. The SMILES string of the molecule is COc1cc2c(cc1OC)CN(c1ccc(NC(=O)C3CCC3)nc1)CC2. The molecule has 1 N–H and O–H groups in total. The molecule has 1 aliphatic carbocycles. The van der Waals surface area contributed by atoms with Crippen molar-refractivity contribution in [3.05, 3.63) is 41.6 Å². The second-order valence-electron chi connectivity index (χ2n) is 7.17. The van der Waals surface area contributed by atoms with E-state index in [1.54, 1.807) is 14.2 Å². The van der Waals surface area contributed by atoms with Crippen LogP contribution in [0.5, 0.6) is 11.5 Å². The molecule has 2 aromatic rings. The molecule has 142 valence electrons. The fraction of sp³-hybridized carbons (Fsp3) is 0.429. The van der Waals surface area contributed by atoms with Gasteiger partial charge in [0.25, 0.3) is 0 Å². The molecule has 4 rings (SSSR count). The lowest BCUT2D eigenvalue weighted by atomic mass is 9.85. The normalized spacial score (nSPS) is 16.3. The zero-order chi connectivity index (χ0) is 18.8. The molecular weight excluding hydrogens is 342 g/mol. The van der Waals surface area contributed by atoms with E-state index in [0.717, 1.165) is 56.0 Å². The molecule has 1 saturated carbocycles. The average Bonchev–Trinajstić information content (AvgIpc) is 2.65. The monoisotopic (exact) mass is 367 g/mol. The fourth-order valence-electron chi connectivity index (χ4n) is 3.65. The number of carbonyl (C=O) groups excluding carboxylic acids is 1. The van der Waals surface area contributed by atoms with Gasteiger partial charge in [-0.25, -0.2) is 4.98 Å². The number of fused-ring (bicyclic) bond motifs is 1. The van der Waals surface area contributed by atoms with Crippen LogP contribution in [0.25, 0.3) is 0 Å². The standard InChI is InChI=1S/C21H25N3O3/c1-26-18-10-15-8-9-24(13-16(15)11-19(18)27-2)17-6-7-20(22-12-17)23-21(25)14-4-3-5-14/h6-7,10-12,14H,3-5,8-9,13H2,1-2H3,(H,22,23,25). The van der Waals surface area contributed by atoms with E-state index >= 15 is 0 Å². The minimum absolute atomic E-state index is 0.0921. The summed E-state index contributed by atoms with van der Waals surface area (Å²) in [6, 6.07) is 8.04. The predicted octanol–water partition coefficient (Wildman–Crippen LogP) is 3.40. The number of ether oxygens (including phenoxy) is 2. The number of carbonyl (C=O) groups is 1. The summed E-state index contributed by atoms with van der Waals surface area (Å²) >= 11 is 0. The van der Waals surface area contributed by atoms with Gasteiger partial charge in [0.2, 0.25) is 5.91 Å². The van der Waals surface area contributed by atoms with Gasteiger partial charge in [-0.05, 0) is 54.7 Å². The predicted molar refractivity (Wildman–Crippen MR) is 105 cm³/mol. The van der Waals surface area contributed by atoms with Gasteiger partial charge in [-0.2, -0.15) is 0 Å². The van der Waals surface area contributed by atoms with Crippen LogP contribution in [0, 0.1) is 5.92 Å². The molecule has 1 fully saturated rings. The lowest BCUT2D eigenvalue weighted by Gasteiger charge is -2.31. The number of benzene rings is 1. The Kier molecular flexibility index (Phi) is 4.88. The molecule has 1 aliphatic heterocycles. The van der Waals surface area contributed by atoms with Crippen LogP contribution in [0.1, 0.15) is 30.4 Å². The van der Waals surface area contributed by atoms with Crippen LogP contribution >= 0.6 is 0 Å². The highest BCUT2D eigenvalue weighted by Gasteiger charge is 2.25. The molecular formula is C21H25N3O3. The maximum absolute atomic E-state index is 12.0. The van der Waals surface area contributed by atoms with Gasteiger partial charge in [-0.1, -0.05) is 6.42 Å². The number of aromatic nitrogens is 1. The van der Waals surface area contributed by atoms with Gasteiger partial charge < -0.3 is 19.7 Å². The maximum Gasteiger partial charge on any atom is 0.228 e. The molecule has 2 heterocycles. The number of rotatable bonds is 5. The van der Waals surface area contributed by atoms with Crippen molar-refractivity contribution in [2.75, 3.05) is 31.0 Å². The Morgan fingerprint density at radius 2 is 1.89 bits per heavy atom. The van der Waals surface area contributed by atoms with E-state index in [4.69, 9.17) is 9.47 Å². The number of pyridine rings is 1. The first-order chi connectivity index (χ1) is 13.2. The number of nitrogens with zero attached hydrogens (tertiary/aromatic N) is 2. The summed E-state index contributed by atoms with van der Waals surface area (Å²) in [6.07, 6.45) is 5.91. The maximum atomic E-state index is 12.0. The van der Waals surface area contributed by atoms with Gasteiger partial charge in [0.1, 0.15) is 5.82 Å². The van der Waals surface area contributed by atoms with Gasteiger partial charge in [-0.3, -0.25) is 4.79 Å². The van der Waals surface area contributed by atoms with Crippen molar-refractivity contribution in [2.45, 2.75) is 32.2 Å². The Balaban J connectivity index is 1.46. The van der Waals surface area contributed by atoms with Crippen LogP contribution in [-0.2, 0) is 17.8 Å². The molecule has 27 heavy (non-hydrogen) atoms. The molecule has 6 nitrogen and oxygen atoms in total. The molecule has 0 spiro atoms. The molecule has 6 heteroatoms. The van der Waals surface area contributed by atoms with Crippen LogP contribution in [-0.4, -0.2) is 31.7 Å². The molecule has 0 bridgehead atoms. The third-order valence-corrected chi connectivity index (χ3v) is 5.56. The number of anilines is 2. The number of methoxy groups -OCH3 is 2. The van der Waals surface area contributed by atoms with E-state index in [0.29, 0.717) is 5.82 Å². The first-order valence-electron chi connectivity index (χ1n) is 9.43. The summed E-state index contributed by atoms with van der Waals surface area (Å²) in [6.45, 7) is 1.71. The van der Waals surface area contributed by atoms with E-state index < -0.39 is 0 Å². The Morgan fingerprint density at radius 3 is 2.48 bits per heavy atom. The molecule has 2 aliphatic rings. The summed E-state index contributed by atoms with van der Waals surface area (Å²) in [5.74, 6) is 2.41. The summed E-state index contributed by atoms with van der Waals surface area (Å²) in [7, 11) is 3.32. The van der Waals surface area contributed by atoms with Gasteiger partial charge in [0, 0.05) is 19.0 Å². The largest absolute Gasteiger partial charge is 0.493 e. The van der Waals surface area contributed by atoms with Crippen molar-refractivity contribution in [3.8, 4) is 11.5 Å². The lowest BCUT2D eigenvalue weighted by Crippen LogP contribution is -2.30. The van der Waals surface area contributed by atoms with Crippen molar-refractivity contribution in [3.63, 3.8) is 0 Å². The van der Waals surface area contributed by atoms with E-state index in [-0.39, 0.29) is 11.8 Å². The quantitative estimate of drug-likeness (QED) is 0.877. The zero-order valence-corrected chi connectivity index (χ0v) is 15.8. The van der Waals surface area contributed by atoms with Crippen molar-refractivity contribution < 1.29 is 14.3 Å². The summed E-state index contributed by atoms with van der Waals surface area (Å²) in [4.78, 5) is 18.8. The zero-order valence-electron chi connectivity index (χ0n) is 15.8. The number of hydrogen-bond acceptors (Lipinski definition) is 5. The highest BCUT2D eigenvalue weighted by Crippen LogP contribution is 2.34. The van der Waals surface area contributed by atoms with Crippen molar-refractivity contribution in [2.24, 2.45) is 5.92 Å². The minimum Gasteiger partial charge on any atom is -0.493 e. The van der Waals surface area contributed by atoms with E-state index in [1.165, 1.54) is 11.1 Å². The first kappa shape index (κ1) is 17.6. The van der Waals surface area contributed by atoms with Crippen molar-refractivity contribution in [1.82, 2.24) is 4.98 Å². The van der Waals surface area contributed by atoms with Gasteiger partial charge in [0.05, 0.1) is 26.1 Å². The third-order valence-electron chi connectivity index (χ3n) is 5.56. The smallest absolute Gasteiger partial charge is 0.228 e. The Hall–Kier alpha value is -2.76. The minimum atomic E-state index is 0.0921. The van der Waals surface area contributed by atoms with Crippen LogP contribution in [0.4, 0.5) is 11.5 Å². The molecule has 0 saturated heterocycles. The van der Waals surface area contributed by atoms with Crippen LogP contribution < -0.4 is 19.7 Å². The summed E-state index contributed by atoms with van der Waals surface area (Å²) in [5, 5.41) is 2.92. The molecule has 1 amide bonds. The molecule has 0 radical (unpaired) electrons. The van der Waals surface area contributed by atoms with Crippen LogP contribution in [0.15, 0.2) is 30.5 Å². The molecule has 1 aromatic heterocycles. The van der Waals surface area contributed by atoms with E-state index in [2.05, 4.69) is 27.3 Å². The van der Waals surface area contributed by atoms with Crippen LogP contribution in [0.2, 0.25) is 0 Å². The van der Waals surface area contributed by atoms with E-state index in [9.17, 15) is 4.79 Å². The molecule has 0 atom stereocenters. The van der Waals surface area contributed by atoms with Gasteiger partial charge in [-0.15, -0.1) is 0 Å². The number of amides is 1. The second-order valence-corrected chi connectivity index (χ2v) is 7.17. The molecule has 1 aromatic carbocycles. The highest BCUT2D eigenvalue weighted by molar-refractivity contribution is 5.92. The molecule has 0 unspecified atom stereocenters. The average molecular weight is 367 g/mol. The first-order valence-corrected chi connectivity index (χ1v) is 9.43. The highest BCUT2D eigenvalue weighted by atomic mass is 16.5. The summed E-state index contributed by atoms with van der Waals surface area (Å²) in [5.41, 5.74) is 3.58. The third kappa shape index (κ3) is 3.56. The Morgan fingerprint density at radius 1 is 1.15 bits per heavy atom. The second kappa shape index (κ2) is 7.47. The Bertz CT molecular complexity index is 831. The Labute approximate surface area is 159 Å². The number of hydrogen-bond donors (Lipinski definition) is 1. The van der Waals surface area contributed by atoms with Crippen molar-refractivity contribution in [1.29, 1.82) is 0 Å². The van der Waals surface area contributed by atoms with Crippen molar-refractivity contribution >= 4 is 17.4 Å². The van der Waals surface area contributed by atoms with Gasteiger partial charge in [0.15, 0.2) is 11.5 Å². The van der Waals surface area contributed by atoms with Crippen LogP contribution in [0.3, 0.4) is 0 Å². The number of nitrogens with one attached hydrogen (secondary N) is 1. The fourth-order valence-corrected chi connectivity index (χ4v) is 3.65. The topological polar surface area (TPSA) is 63.7 Å². The lowest BCUT2D eigenvalue weighted by molar-refractivity contribution is -0.122.